The fraction of sp³-hybridized carbons (Fsp3) is 0.385. The predicted octanol–water partition coefficient (Wildman–Crippen LogP) is 0.336. The number of carbonyl (C=O) groups excluding carboxylic acids is 2. The van der Waals surface area contributed by atoms with E-state index in [2.05, 4.69) is 10.6 Å². The second-order valence-electron chi connectivity index (χ2n) is 4.65. The lowest BCUT2D eigenvalue weighted by Gasteiger charge is -2.24. The van der Waals surface area contributed by atoms with Gasteiger partial charge in [-0.25, -0.2) is 0 Å². The first-order chi connectivity index (χ1) is 9.01. The standard InChI is InChI=1S/C13H18N4O2/c1-15-13(19)7-17(2)11-6-10-8(5-9(11)14)3-4-12(18)16-10/h5-6H,3-4,7,14H2,1-2H3,(H,15,19)(H,16,18). The van der Waals surface area contributed by atoms with E-state index in [1.807, 2.05) is 12.1 Å². The molecule has 0 saturated carbocycles. The lowest BCUT2D eigenvalue weighted by Crippen LogP contribution is -2.33. The van der Waals surface area contributed by atoms with Crippen molar-refractivity contribution in [2.75, 3.05) is 36.6 Å². The zero-order chi connectivity index (χ0) is 14.0. The van der Waals surface area contributed by atoms with Crippen molar-refractivity contribution < 1.29 is 9.59 Å². The highest BCUT2D eigenvalue weighted by molar-refractivity contribution is 5.96. The number of anilines is 3. The number of nitrogen functional groups attached to an aromatic ring is 1. The molecule has 0 bridgehead atoms. The molecule has 1 aliphatic rings. The second-order valence-corrected chi connectivity index (χ2v) is 4.65. The summed E-state index contributed by atoms with van der Waals surface area (Å²) in [5.74, 6) is -0.0826. The third-order valence-electron chi connectivity index (χ3n) is 3.22. The maximum atomic E-state index is 11.4. The summed E-state index contributed by atoms with van der Waals surface area (Å²) in [4.78, 5) is 24.5. The molecular weight excluding hydrogens is 244 g/mol. The first-order valence-electron chi connectivity index (χ1n) is 6.15. The predicted molar refractivity (Wildman–Crippen MR) is 75.1 cm³/mol. The molecule has 102 valence electrons. The average molecular weight is 262 g/mol. The Morgan fingerprint density at radius 3 is 2.89 bits per heavy atom. The summed E-state index contributed by atoms with van der Waals surface area (Å²) < 4.78 is 0. The summed E-state index contributed by atoms with van der Waals surface area (Å²) in [6, 6.07) is 3.69. The van der Waals surface area contributed by atoms with E-state index in [0.29, 0.717) is 18.5 Å². The molecule has 2 rings (SSSR count). The minimum Gasteiger partial charge on any atom is -0.397 e. The molecule has 1 aromatic rings. The zero-order valence-corrected chi connectivity index (χ0v) is 11.1. The number of carbonyl (C=O) groups is 2. The zero-order valence-electron chi connectivity index (χ0n) is 11.1. The molecule has 4 N–H and O–H groups in total. The van der Waals surface area contributed by atoms with Gasteiger partial charge in [-0.05, 0) is 24.1 Å². The number of benzene rings is 1. The molecular formula is C13H18N4O2. The van der Waals surface area contributed by atoms with Crippen molar-refractivity contribution in [1.82, 2.24) is 5.32 Å². The maximum Gasteiger partial charge on any atom is 0.239 e. The number of aryl methyl sites for hydroxylation is 1. The smallest absolute Gasteiger partial charge is 0.239 e. The van der Waals surface area contributed by atoms with Crippen molar-refractivity contribution in [3.63, 3.8) is 0 Å². The summed E-state index contributed by atoms with van der Waals surface area (Å²) in [5.41, 5.74) is 9.18. The maximum absolute atomic E-state index is 11.4. The number of amides is 2. The number of hydrogen-bond acceptors (Lipinski definition) is 4. The quantitative estimate of drug-likeness (QED) is 0.685. The molecule has 0 unspecified atom stereocenters. The number of nitrogens with two attached hydrogens (primary N) is 1. The average Bonchev–Trinajstić information content (AvgIpc) is 2.38. The van der Waals surface area contributed by atoms with Gasteiger partial charge < -0.3 is 21.3 Å². The fourth-order valence-electron chi connectivity index (χ4n) is 2.15. The molecule has 0 radical (unpaired) electrons. The Morgan fingerprint density at radius 2 is 2.21 bits per heavy atom. The van der Waals surface area contributed by atoms with Gasteiger partial charge in [0.25, 0.3) is 0 Å². The van der Waals surface area contributed by atoms with Crippen LogP contribution in [0.4, 0.5) is 17.1 Å². The van der Waals surface area contributed by atoms with Crippen LogP contribution in [0.3, 0.4) is 0 Å². The number of hydrogen-bond donors (Lipinski definition) is 3. The lowest BCUT2D eigenvalue weighted by molar-refractivity contribution is -0.119. The van der Waals surface area contributed by atoms with Gasteiger partial charge in [-0.15, -0.1) is 0 Å². The van der Waals surface area contributed by atoms with Gasteiger partial charge in [-0.3, -0.25) is 9.59 Å². The van der Waals surface area contributed by atoms with Crippen LogP contribution in [0.2, 0.25) is 0 Å². The van der Waals surface area contributed by atoms with Crippen LogP contribution in [0.1, 0.15) is 12.0 Å². The van der Waals surface area contributed by atoms with Gasteiger partial charge in [0.05, 0.1) is 17.9 Å². The summed E-state index contributed by atoms with van der Waals surface area (Å²) in [6.45, 7) is 0.216. The third kappa shape index (κ3) is 2.78. The van der Waals surface area contributed by atoms with Crippen molar-refractivity contribution in [2.24, 2.45) is 0 Å². The normalized spacial score (nSPS) is 13.5. The van der Waals surface area contributed by atoms with Crippen LogP contribution in [0.25, 0.3) is 0 Å². The molecule has 19 heavy (non-hydrogen) atoms. The van der Waals surface area contributed by atoms with E-state index in [1.165, 1.54) is 0 Å². The molecule has 6 heteroatoms. The van der Waals surface area contributed by atoms with Crippen molar-refractivity contribution >= 4 is 28.9 Å². The monoisotopic (exact) mass is 262 g/mol. The molecule has 2 amide bonds. The summed E-state index contributed by atoms with van der Waals surface area (Å²) in [5, 5.41) is 5.39. The Labute approximate surface area is 112 Å². The van der Waals surface area contributed by atoms with Crippen LogP contribution < -0.4 is 21.3 Å². The van der Waals surface area contributed by atoms with Gasteiger partial charge in [0, 0.05) is 26.2 Å². The number of rotatable bonds is 3. The molecule has 0 aliphatic carbocycles. The Balaban J connectivity index is 2.28. The number of likely N-dealkylation sites (N-methyl/N-ethyl adjacent to an activating group) is 2. The van der Waals surface area contributed by atoms with E-state index < -0.39 is 0 Å². The first-order valence-corrected chi connectivity index (χ1v) is 6.15. The number of fused-ring (bicyclic) bond motifs is 1. The molecule has 0 atom stereocenters. The minimum atomic E-state index is -0.0938. The van der Waals surface area contributed by atoms with Crippen LogP contribution in [0, 0.1) is 0 Å². The Hall–Kier alpha value is -2.24. The van der Waals surface area contributed by atoms with Gasteiger partial charge in [0.2, 0.25) is 11.8 Å². The largest absolute Gasteiger partial charge is 0.397 e. The lowest BCUT2D eigenvalue weighted by atomic mass is 10.0. The molecule has 1 heterocycles. The van der Waals surface area contributed by atoms with Crippen molar-refractivity contribution in [2.45, 2.75) is 12.8 Å². The van der Waals surface area contributed by atoms with E-state index in [1.54, 1.807) is 19.0 Å². The molecule has 0 fully saturated rings. The Bertz CT molecular complexity index is 528. The first kappa shape index (κ1) is 13.2. The Kier molecular flexibility index (Phi) is 3.59. The minimum absolute atomic E-state index is 0.0113. The number of nitrogens with one attached hydrogen (secondary N) is 2. The molecule has 1 aliphatic heterocycles. The SMILES string of the molecule is CNC(=O)CN(C)c1cc2c(cc1N)CCC(=O)N2. The summed E-state index contributed by atoms with van der Waals surface area (Å²) in [6.07, 6.45) is 1.19. The van der Waals surface area contributed by atoms with Gasteiger partial charge >= 0.3 is 0 Å². The Morgan fingerprint density at radius 1 is 1.47 bits per heavy atom. The van der Waals surface area contributed by atoms with Crippen molar-refractivity contribution in [3.05, 3.63) is 17.7 Å². The van der Waals surface area contributed by atoms with Crippen LogP contribution in [0.15, 0.2) is 12.1 Å². The topological polar surface area (TPSA) is 87.5 Å². The highest BCUT2D eigenvalue weighted by Gasteiger charge is 2.18. The molecule has 0 spiro atoms. The van der Waals surface area contributed by atoms with E-state index in [0.717, 1.165) is 16.9 Å². The van der Waals surface area contributed by atoms with Crippen molar-refractivity contribution in [1.29, 1.82) is 0 Å². The van der Waals surface area contributed by atoms with Gasteiger partial charge in [0.15, 0.2) is 0 Å². The fourth-order valence-corrected chi connectivity index (χ4v) is 2.15. The van der Waals surface area contributed by atoms with E-state index in [4.69, 9.17) is 5.73 Å². The van der Waals surface area contributed by atoms with Gasteiger partial charge in [0.1, 0.15) is 0 Å². The van der Waals surface area contributed by atoms with Gasteiger partial charge in [-0.2, -0.15) is 0 Å². The van der Waals surface area contributed by atoms with Gasteiger partial charge in [-0.1, -0.05) is 0 Å². The van der Waals surface area contributed by atoms with Crippen LogP contribution in [-0.4, -0.2) is 32.5 Å². The van der Waals surface area contributed by atoms with Crippen LogP contribution >= 0.6 is 0 Å². The van der Waals surface area contributed by atoms with E-state index in [-0.39, 0.29) is 18.4 Å². The summed E-state index contributed by atoms with van der Waals surface area (Å²) >= 11 is 0. The van der Waals surface area contributed by atoms with Crippen molar-refractivity contribution in [3.8, 4) is 0 Å². The highest BCUT2D eigenvalue weighted by Crippen LogP contribution is 2.32. The third-order valence-corrected chi connectivity index (χ3v) is 3.22. The molecule has 1 aromatic carbocycles. The van der Waals surface area contributed by atoms with Crippen LogP contribution in [-0.2, 0) is 16.0 Å². The van der Waals surface area contributed by atoms with Crippen LogP contribution in [0.5, 0.6) is 0 Å². The molecule has 0 saturated heterocycles. The molecule has 0 aromatic heterocycles. The van der Waals surface area contributed by atoms with E-state index in [9.17, 15) is 9.59 Å². The second kappa shape index (κ2) is 5.17. The van der Waals surface area contributed by atoms with E-state index >= 15 is 0 Å². The molecule has 6 nitrogen and oxygen atoms in total. The number of nitrogens with zero attached hydrogens (tertiary/aromatic N) is 1. The highest BCUT2D eigenvalue weighted by atomic mass is 16.2. The summed E-state index contributed by atoms with van der Waals surface area (Å²) in [7, 11) is 3.38.